The molecule has 0 aromatic carbocycles. The first-order chi connectivity index (χ1) is 8.79. The summed E-state index contributed by atoms with van der Waals surface area (Å²) >= 11 is 0. The van der Waals surface area contributed by atoms with E-state index in [0.29, 0.717) is 6.10 Å². The van der Waals surface area contributed by atoms with Crippen molar-refractivity contribution in [3.8, 4) is 0 Å². The molecule has 0 spiro atoms. The SMILES string of the molecule is CCc1nn(C)cc1CNCCCC1CCCO1. The van der Waals surface area contributed by atoms with Crippen LogP contribution in [0.4, 0.5) is 0 Å². The van der Waals surface area contributed by atoms with Crippen molar-refractivity contribution in [1.29, 1.82) is 0 Å². The van der Waals surface area contributed by atoms with E-state index in [9.17, 15) is 0 Å². The summed E-state index contributed by atoms with van der Waals surface area (Å²) < 4.78 is 7.52. The molecule has 0 amide bonds. The van der Waals surface area contributed by atoms with Crippen LogP contribution in [0.1, 0.15) is 43.9 Å². The van der Waals surface area contributed by atoms with E-state index in [1.165, 1.54) is 36.9 Å². The quantitative estimate of drug-likeness (QED) is 0.754. The number of nitrogens with zero attached hydrogens (tertiary/aromatic N) is 2. The van der Waals surface area contributed by atoms with E-state index in [0.717, 1.165) is 26.1 Å². The van der Waals surface area contributed by atoms with E-state index < -0.39 is 0 Å². The Labute approximate surface area is 110 Å². The van der Waals surface area contributed by atoms with Crippen LogP contribution in [0.15, 0.2) is 6.20 Å². The molecule has 0 bridgehead atoms. The molecule has 1 N–H and O–H groups in total. The molecule has 1 aromatic rings. The van der Waals surface area contributed by atoms with Gasteiger partial charge >= 0.3 is 0 Å². The van der Waals surface area contributed by atoms with E-state index in [2.05, 4.69) is 23.5 Å². The van der Waals surface area contributed by atoms with Crippen LogP contribution in [-0.2, 0) is 24.8 Å². The number of ether oxygens (including phenoxy) is 1. The van der Waals surface area contributed by atoms with E-state index in [-0.39, 0.29) is 0 Å². The van der Waals surface area contributed by atoms with Crippen LogP contribution < -0.4 is 5.32 Å². The summed E-state index contributed by atoms with van der Waals surface area (Å²) in [5, 5.41) is 7.95. The third-order valence-electron chi connectivity index (χ3n) is 3.55. The van der Waals surface area contributed by atoms with Crippen molar-refractivity contribution in [3.63, 3.8) is 0 Å². The fourth-order valence-corrected chi connectivity index (χ4v) is 2.58. The predicted molar refractivity (Wildman–Crippen MR) is 72.5 cm³/mol. The van der Waals surface area contributed by atoms with E-state index in [1.54, 1.807) is 0 Å². The van der Waals surface area contributed by atoms with Crippen LogP contribution in [-0.4, -0.2) is 29.0 Å². The minimum atomic E-state index is 0.524. The van der Waals surface area contributed by atoms with E-state index >= 15 is 0 Å². The average molecular weight is 251 g/mol. The molecule has 1 unspecified atom stereocenters. The second kappa shape index (κ2) is 6.90. The van der Waals surface area contributed by atoms with Crippen LogP contribution in [0.25, 0.3) is 0 Å². The molecular formula is C14H25N3O. The molecule has 1 saturated heterocycles. The van der Waals surface area contributed by atoms with Crippen molar-refractivity contribution in [2.24, 2.45) is 7.05 Å². The normalized spacial score (nSPS) is 19.6. The van der Waals surface area contributed by atoms with Crippen LogP contribution in [0.2, 0.25) is 0 Å². The molecule has 1 aliphatic heterocycles. The van der Waals surface area contributed by atoms with Gasteiger partial charge in [-0.3, -0.25) is 4.68 Å². The monoisotopic (exact) mass is 251 g/mol. The Bertz CT molecular complexity index is 356. The standard InChI is InChI=1S/C14H25N3O/c1-3-14-12(11-17(2)16-14)10-15-8-4-6-13-7-5-9-18-13/h11,13,15H,3-10H2,1-2H3. The van der Waals surface area contributed by atoms with Crippen LogP contribution >= 0.6 is 0 Å². The van der Waals surface area contributed by atoms with Gasteiger partial charge in [-0.15, -0.1) is 0 Å². The van der Waals surface area contributed by atoms with Gasteiger partial charge in [-0.1, -0.05) is 6.92 Å². The van der Waals surface area contributed by atoms with Gasteiger partial charge in [-0.05, 0) is 38.6 Å². The lowest BCUT2D eigenvalue weighted by atomic mass is 10.1. The minimum absolute atomic E-state index is 0.524. The number of hydrogen-bond acceptors (Lipinski definition) is 3. The van der Waals surface area contributed by atoms with Crippen molar-refractivity contribution < 1.29 is 4.74 Å². The first-order valence-electron chi connectivity index (χ1n) is 7.13. The average Bonchev–Trinajstić information content (AvgIpc) is 2.98. The summed E-state index contributed by atoms with van der Waals surface area (Å²) in [5.41, 5.74) is 2.54. The number of aryl methyl sites for hydroxylation is 2. The summed E-state index contributed by atoms with van der Waals surface area (Å²) in [6.07, 6.45) is 8.54. The van der Waals surface area contributed by atoms with Gasteiger partial charge in [0.2, 0.25) is 0 Å². The summed E-state index contributed by atoms with van der Waals surface area (Å²) in [4.78, 5) is 0. The van der Waals surface area contributed by atoms with Crippen LogP contribution in [0, 0.1) is 0 Å². The Kier molecular flexibility index (Phi) is 5.20. The lowest BCUT2D eigenvalue weighted by Crippen LogP contribution is -2.17. The first kappa shape index (κ1) is 13.6. The predicted octanol–water partition coefficient (Wildman–Crippen LogP) is 2.03. The zero-order valence-electron chi connectivity index (χ0n) is 11.6. The van der Waals surface area contributed by atoms with Crippen molar-refractivity contribution in [2.75, 3.05) is 13.2 Å². The second-order valence-corrected chi connectivity index (χ2v) is 5.08. The lowest BCUT2D eigenvalue weighted by molar-refractivity contribution is 0.102. The van der Waals surface area contributed by atoms with Gasteiger partial charge in [0.05, 0.1) is 11.8 Å². The van der Waals surface area contributed by atoms with Gasteiger partial charge in [0.15, 0.2) is 0 Å². The Morgan fingerprint density at radius 1 is 1.56 bits per heavy atom. The molecule has 1 atom stereocenters. The molecule has 1 aromatic heterocycles. The third kappa shape index (κ3) is 3.82. The number of nitrogens with one attached hydrogen (secondary N) is 1. The van der Waals surface area contributed by atoms with Gasteiger partial charge in [0, 0.05) is 32.0 Å². The van der Waals surface area contributed by atoms with Crippen molar-refractivity contribution in [3.05, 3.63) is 17.5 Å². The van der Waals surface area contributed by atoms with Gasteiger partial charge in [-0.2, -0.15) is 5.10 Å². The smallest absolute Gasteiger partial charge is 0.0666 e. The van der Waals surface area contributed by atoms with Gasteiger partial charge < -0.3 is 10.1 Å². The highest BCUT2D eigenvalue weighted by Gasteiger charge is 2.14. The Morgan fingerprint density at radius 3 is 3.17 bits per heavy atom. The fourth-order valence-electron chi connectivity index (χ4n) is 2.58. The van der Waals surface area contributed by atoms with E-state index in [1.807, 2.05) is 11.7 Å². The Hall–Kier alpha value is -0.870. The maximum absolute atomic E-state index is 5.62. The van der Waals surface area contributed by atoms with Gasteiger partial charge in [0.1, 0.15) is 0 Å². The molecule has 1 fully saturated rings. The third-order valence-corrected chi connectivity index (χ3v) is 3.55. The molecule has 0 aliphatic carbocycles. The molecule has 4 heteroatoms. The van der Waals surface area contributed by atoms with Gasteiger partial charge in [-0.25, -0.2) is 0 Å². The highest BCUT2D eigenvalue weighted by Crippen LogP contribution is 2.16. The largest absolute Gasteiger partial charge is 0.378 e. The molecule has 0 radical (unpaired) electrons. The highest BCUT2D eigenvalue weighted by atomic mass is 16.5. The summed E-state index contributed by atoms with van der Waals surface area (Å²) in [7, 11) is 1.99. The van der Waals surface area contributed by atoms with Crippen molar-refractivity contribution in [2.45, 2.75) is 51.7 Å². The molecule has 2 rings (SSSR count). The zero-order chi connectivity index (χ0) is 12.8. The molecule has 0 saturated carbocycles. The molecule has 18 heavy (non-hydrogen) atoms. The second-order valence-electron chi connectivity index (χ2n) is 5.08. The Morgan fingerprint density at radius 2 is 2.44 bits per heavy atom. The number of rotatable bonds is 7. The zero-order valence-corrected chi connectivity index (χ0v) is 11.6. The van der Waals surface area contributed by atoms with Crippen molar-refractivity contribution >= 4 is 0 Å². The Balaban J connectivity index is 1.62. The van der Waals surface area contributed by atoms with E-state index in [4.69, 9.17) is 4.74 Å². The summed E-state index contributed by atoms with van der Waals surface area (Å²) in [5.74, 6) is 0. The van der Waals surface area contributed by atoms with Gasteiger partial charge in [0.25, 0.3) is 0 Å². The fraction of sp³-hybridized carbons (Fsp3) is 0.786. The maximum Gasteiger partial charge on any atom is 0.0666 e. The molecule has 1 aliphatic rings. The molecule has 102 valence electrons. The molecule has 4 nitrogen and oxygen atoms in total. The minimum Gasteiger partial charge on any atom is -0.378 e. The van der Waals surface area contributed by atoms with Crippen LogP contribution in [0.5, 0.6) is 0 Å². The lowest BCUT2D eigenvalue weighted by Gasteiger charge is -2.09. The summed E-state index contributed by atoms with van der Waals surface area (Å²) in [6.45, 7) is 5.12. The highest BCUT2D eigenvalue weighted by molar-refractivity contribution is 5.16. The molecular weight excluding hydrogens is 226 g/mol. The number of aromatic nitrogens is 2. The number of hydrogen-bond donors (Lipinski definition) is 1. The van der Waals surface area contributed by atoms with Crippen LogP contribution in [0.3, 0.4) is 0 Å². The van der Waals surface area contributed by atoms with Crippen molar-refractivity contribution in [1.82, 2.24) is 15.1 Å². The summed E-state index contributed by atoms with van der Waals surface area (Å²) in [6, 6.07) is 0. The maximum atomic E-state index is 5.62. The molecule has 2 heterocycles. The first-order valence-corrected chi connectivity index (χ1v) is 7.13. The topological polar surface area (TPSA) is 39.1 Å².